The van der Waals surface area contributed by atoms with Gasteiger partial charge >= 0.3 is 5.97 Å². The van der Waals surface area contributed by atoms with Crippen LogP contribution in [-0.2, 0) is 16.1 Å². The normalized spacial score (nSPS) is 10.7. The van der Waals surface area contributed by atoms with E-state index in [1.54, 1.807) is 0 Å². The first-order chi connectivity index (χ1) is 9.79. The Bertz CT molecular complexity index is 566. The van der Waals surface area contributed by atoms with E-state index >= 15 is 0 Å². The zero-order valence-corrected chi connectivity index (χ0v) is 11.9. The molecule has 2 aromatic carbocycles. The van der Waals surface area contributed by atoms with Crippen molar-refractivity contribution in [2.24, 2.45) is 0 Å². The molecule has 0 fully saturated rings. The maximum Gasteiger partial charge on any atom is 0.305 e. The van der Waals surface area contributed by atoms with Crippen molar-refractivity contribution >= 4 is 16.7 Å². The lowest BCUT2D eigenvalue weighted by Gasteiger charge is -2.06. The second-order valence-corrected chi connectivity index (χ2v) is 4.77. The van der Waals surface area contributed by atoms with Gasteiger partial charge in [-0.1, -0.05) is 36.4 Å². The van der Waals surface area contributed by atoms with Crippen molar-refractivity contribution in [3.05, 3.63) is 48.0 Å². The van der Waals surface area contributed by atoms with Crippen LogP contribution in [-0.4, -0.2) is 19.1 Å². The lowest BCUT2D eigenvalue weighted by atomic mass is 10.1. The van der Waals surface area contributed by atoms with Crippen LogP contribution < -0.4 is 5.32 Å². The molecule has 2 aromatic rings. The topological polar surface area (TPSA) is 38.3 Å². The zero-order valence-electron chi connectivity index (χ0n) is 11.9. The molecular formula is C17H21NO2. The van der Waals surface area contributed by atoms with Crippen LogP contribution in [0.15, 0.2) is 42.5 Å². The molecule has 2 rings (SSSR count). The van der Waals surface area contributed by atoms with Gasteiger partial charge in [-0.15, -0.1) is 0 Å². The minimum absolute atomic E-state index is 0.111. The molecule has 0 aliphatic rings. The number of rotatable bonds is 7. The summed E-state index contributed by atoms with van der Waals surface area (Å²) in [5.41, 5.74) is 1.26. The molecule has 0 spiro atoms. The second kappa shape index (κ2) is 7.65. The van der Waals surface area contributed by atoms with E-state index < -0.39 is 0 Å². The highest BCUT2D eigenvalue weighted by Gasteiger charge is 2.01. The van der Waals surface area contributed by atoms with Crippen LogP contribution >= 0.6 is 0 Å². The summed E-state index contributed by atoms with van der Waals surface area (Å²) in [7, 11) is 0. The number of carbonyl (C=O) groups excluding carboxylic acids is 1. The summed E-state index contributed by atoms with van der Waals surface area (Å²) in [6.07, 6.45) is 1.30. The van der Waals surface area contributed by atoms with Crippen LogP contribution in [0.25, 0.3) is 10.8 Å². The Morgan fingerprint density at radius 1 is 1.15 bits per heavy atom. The van der Waals surface area contributed by atoms with Crippen molar-refractivity contribution in [1.82, 2.24) is 5.32 Å². The number of nitrogens with one attached hydrogen (secondary N) is 1. The summed E-state index contributed by atoms with van der Waals surface area (Å²) >= 11 is 0. The summed E-state index contributed by atoms with van der Waals surface area (Å²) in [5, 5.41) is 5.88. The fourth-order valence-corrected chi connectivity index (χ4v) is 2.17. The van der Waals surface area contributed by atoms with E-state index in [4.69, 9.17) is 4.74 Å². The quantitative estimate of drug-likeness (QED) is 0.620. The third kappa shape index (κ3) is 4.35. The maximum absolute atomic E-state index is 11.2. The molecule has 3 nitrogen and oxygen atoms in total. The van der Waals surface area contributed by atoms with E-state index in [0.29, 0.717) is 13.0 Å². The number of carbonyl (C=O) groups is 1. The summed E-state index contributed by atoms with van der Waals surface area (Å²) < 4.78 is 4.89. The van der Waals surface area contributed by atoms with Gasteiger partial charge in [-0.3, -0.25) is 4.79 Å². The molecule has 20 heavy (non-hydrogen) atoms. The highest BCUT2D eigenvalue weighted by molar-refractivity contribution is 5.82. The predicted molar refractivity (Wildman–Crippen MR) is 81.5 cm³/mol. The van der Waals surface area contributed by atoms with E-state index in [2.05, 4.69) is 47.8 Å². The van der Waals surface area contributed by atoms with Gasteiger partial charge in [0, 0.05) is 13.0 Å². The Labute approximate surface area is 119 Å². The van der Waals surface area contributed by atoms with Gasteiger partial charge in [-0.25, -0.2) is 0 Å². The lowest BCUT2D eigenvalue weighted by molar-refractivity contribution is -0.143. The lowest BCUT2D eigenvalue weighted by Crippen LogP contribution is -2.16. The first-order valence-corrected chi connectivity index (χ1v) is 7.13. The third-order valence-electron chi connectivity index (χ3n) is 3.18. The first-order valence-electron chi connectivity index (χ1n) is 7.13. The highest BCUT2D eigenvalue weighted by atomic mass is 16.5. The van der Waals surface area contributed by atoms with Gasteiger partial charge < -0.3 is 10.1 Å². The van der Waals surface area contributed by atoms with Crippen molar-refractivity contribution in [3.8, 4) is 0 Å². The molecule has 0 saturated heterocycles. The summed E-state index contributed by atoms with van der Waals surface area (Å²) in [6, 6.07) is 14.8. The molecular weight excluding hydrogens is 250 g/mol. The maximum atomic E-state index is 11.2. The van der Waals surface area contributed by atoms with Crippen molar-refractivity contribution in [1.29, 1.82) is 0 Å². The van der Waals surface area contributed by atoms with Gasteiger partial charge in [-0.2, -0.15) is 0 Å². The Balaban J connectivity index is 1.74. The van der Waals surface area contributed by atoms with Crippen LogP contribution in [0.4, 0.5) is 0 Å². The van der Waals surface area contributed by atoms with Crippen molar-refractivity contribution < 1.29 is 9.53 Å². The molecule has 0 amide bonds. The SMILES string of the molecule is CCOC(=O)CCCNCc1ccc2ccccc2c1. The Kier molecular flexibility index (Phi) is 5.56. The van der Waals surface area contributed by atoms with E-state index in [0.717, 1.165) is 19.5 Å². The minimum Gasteiger partial charge on any atom is -0.466 e. The number of hydrogen-bond donors (Lipinski definition) is 1. The molecule has 0 heterocycles. The molecule has 0 unspecified atom stereocenters. The van der Waals surface area contributed by atoms with Gasteiger partial charge in [-0.05, 0) is 42.3 Å². The third-order valence-corrected chi connectivity index (χ3v) is 3.18. The molecule has 0 radical (unpaired) electrons. The number of ether oxygens (including phenoxy) is 1. The van der Waals surface area contributed by atoms with Gasteiger partial charge in [0.15, 0.2) is 0 Å². The fraction of sp³-hybridized carbons (Fsp3) is 0.353. The molecule has 0 aliphatic heterocycles. The van der Waals surface area contributed by atoms with Gasteiger partial charge in [0.05, 0.1) is 6.61 Å². The molecule has 0 aromatic heterocycles. The molecule has 1 N–H and O–H groups in total. The number of benzene rings is 2. The van der Waals surface area contributed by atoms with Gasteiger partial charge in [0.25, 0.3) is 0 Å². The average Bonchev–Trinajstić information content (AvgIpc) is 2.47. The minimum atomic E-state index is -0.111. The molecule has 0 saturated carbocycles. The van der Waals surface area contributed by atoms with Crippen LogP contribution in [0.3, 0.4) is 0 Å². The number of esters is 1. The first kappa shape index (κ1) is 14.5. The Morgan fingerprint density at radius 3 is 2.75 bits per heavy atom. The number of hydrogen-bond acceptors (Lipinski definition) is 3. The van der Waals surface area contributed by atoms with E-state index in [9.17, 15) is 4.79 Å². The Hall–Kier alpha value is -1.87. The van der Waals surface area contributed by atoms with Crippen LogP contribution in [0, 0.1) is 0 Å². The van der Waals surface area contributed by atoms with Crippen molar-refractivity contribution in [2.45, 2.75) is 26.3 Å². The molecule has 106 valence electrons. The standard InChI is InChI=1S/C17H21NO2/c1-2-20-17(19)8-5-11-18-13-14-9-10-15-6-3-4-7-16(15)12-14/h3-4,6-7,9-10,12,18H,2,5,8,11,13H2,1H3. The number of fused-ring (bicyclic) bond motifs is 1. The highest BCUT2D eigenvalue weighted by Crippen LogP contribution is 2.15. The summed E-state index contributed by atoms with van der Waals surface area (Å²) in [4.78, 5) is 11.2. The van der Waals surface area contributed by atoms with Crippen LogP contribution in [0.1, 0.15) is 25.3 Å². The van der Waals surface area contributed by atoms with Gasteiger partial charge in [0.2, 0.25) is 0 Å². The molecule has 3 heteroatoms. The van der Waals surface area contributed by atoms with Crippen molar-refractivity contribution in [3.63, 3.8) is 0 Å². The van der Waals surface area contributed by atoms with E-state index in [-0.39, 0.29) is 5.97 Å². The summed E-state index contributed by atoms with van der Waals surface area (Å²) in [6.45, 7) is 3.94. The fourth-order valence-electron chi connectivity index (χ4n) is 2.17. The second-order valence-electron chi connectivity index (χ2n) is 4.77. The monoisotopic (exact) mass is 271 g/mol. The Morgan fingerprint density at radius 2 is 1.95 bits per heavy atom. The molecule has 0 bridgehead atoms. The smallest absolute Gasteiger partial charge is 0.305 e. The zero-order chi connectivity index (χ0) is 14.2. The van der Waals surface area contributed by atoms with Crippen LogP contribution in [0.5, 0.6) is 0 Å². The average molecular weight is 271 g/mol. The molecule has 0 aliphatic carbocycles. The van der Waals surface area contributed by atoms with Crippen LogP contribution in [0.2, 0.25) is 0 Å². The molecule has 0 atom stereocenters. The predicted octanol–water partition coefficient (Wildman–Crippen LogP) is 3.27. The van der Waals surface area contributed by atoms with Crippen molar-refractivity contribution in [2.75, 3.05) is 13.2 Å². The van der Waals surface area contributed by atoms with E-state index in [1.807, 2.05) is 6.92 Å². The van der Waals surface area contributed by atoms with Gasteiger partial charge in [0.1, 0.15) is 0 Å². The summed E-state index contributed by atoms with van der Waals surface area (Å²) in [5.74, 6) is -0.111. The van der Waals surface area contributed by atoms with E-state index in [1.165, 1.54) is 16.3 Å². The largest absolute Gasteiger partial charge is 0.466 e.